The third kappa shape index (κ3) is 5.95. The molecule has 2 heterocycles. The van der Waals surface area contributed by atoms with E-state index in [1.807, 2.05) is 19.9 Å². The zero-order valence-electron chi connectivity index (χ0n) is 32.6. The summed E-state index contributed by atoms with van der Waals surface area (Å²) in [6, 6.07) is 12.5. The first-order valence-electron chi connectivity index (χ1n) is 19.4. The molecule has 0 spiro atoms. The number of hydrogen-bond donors (Lipinski definition) is 1. The predicted molar refractivity (Wildman–Crippen MR) is 202 cm³/mol. The molecule has 1 aromatic carbocycles. The van der Waals surface area contributed by atoms with Gasteiger partial charge >= 0.3 is 11.9 Å². The fraction of sp³-hybridized carbons (Fsp3) is 0.700. The molecule has 11 atom stereocenters. The predicted octanol–water partition coefficient (Wildman–Crippen LogP) is 6.02. The molecule has 5 aliphatic rings. The van der Waals surface area contributed by atoms with E-state index in [1.54, 1.807) is 30.3 Å². The highest BCUT2D eigenvalue weighted by Crippen LogP contribution is 2.67. The number of rotatable bonds is 12. The molecule has 2 bridgehead atoms. The van der Waals surface area contributed by atoms with Crippen molar-refractivity contribution >= 4 is 30.0 Å². The number of carbonyl (C=O) groups excluding carboxylic acids is 2. The van der Waals surface area contributed by atoms with E-state index in [-0.39, 0.29) is 13.0 Å². The summed E-state index contributed by atoms with van der Waals surface area (Å²) in [6.45, 7) is 22.4. The molecule has 0 amide bonds. The molecule has 10 nitrogen and oxygen atoms in total. The van der Waals surface area contributed by atoms with Crippen molar-refractivity contribution in [3.8, 4) is 0 Å². The van der Waals surface area contributed by atoms with Crippen LogP contribution in [0.5, 0.6) is 0 Å². The second kappa shape index (κ2) is 14.5. The highest BCUT2D eigenvalue weighted by Gasteiger charge is 2.79. The van der Waals surface area contributed by atoms with Crippen LogP contribution in [0.4, 0.5) is 0 Å². The minimum absolute atomic E-state index is 0.0750. The number of ether oxygens (including phenoxy) is 5. The SMILES string of the molecule is C=CC1OC2C3=C(C)C(O[SiH2]CC)CC(O)(C(OC(=O)c4ccccc4)C4C5(OC(C)=O)COC5CC(O[Si](CC)(CC)CC)[C@@]4(C)C2O1)C3(C)C. The first kappa shape index (κ1) is 39.5. The van der Waals surface area contributed by atoms with Crippen molar-refractivity contribution < 1.29 is 47.2 Å². The van der Waals surface area contributed by atoms with Crippen LogP contribution in [0.25, 0.3) is 0 Å². The van der Waals surface area contributed by atoms with Gasteiger partial charge in [0, 0.05) is 30.6 Å². The summed E-state index contributed by atoms with van der Waals surface area (Å²) in [5.74, 6) is -1.89. The Kier molecular flexibility index (Phi) is 11.0. The van der Waals surface area contributed by atoms with Gasteiger partial charge in [-0.1, -0.05) is 73.2 Å². The Morgan fingerprint density at radius 3 is 2.31 bits per heavy atom. The lowest BCUT2D eigenvalue weighted by atomic mass is 9.44. The minimum atomic E-state index is -2.31. The van der Waals surface area contributed by atoms with E-state index < -0.39 is 101 Å². The van der Waals surface area contributed by atoms with Crippen molar-refractivity contribution in [1.29, 1.82) is 0 Å². The Labute approximate surface area is 313 Å². The van der Waals surface area contributed by atoms with Gasteiger partial charge in [-0.3, -0.25) is 4.79 Å². The van der Waals surface area contributed by atoms with E-state index in [9.17, 15) is 14.7 Å². The Morgan fingerprint density at radius 1 is 1.08 bits per heavy atom. The molecule has 2 aliphatic heterocycles. The van der Waals surface area contributed by atoms with Gasteiger partial charge in [0.1, 0.15) is 23.9 Å². The van der Waals surface area contributed by atoms with E-state index in [0.29, 0.717) is 12.0 Å². The smallest absolute Gasteiger partial charge is 0.338 e. The van der Waals surface area contributed by atoms with Gasteiger partial charge in [-0.15, -0.1) is 0 Å². The lowest BCUT2D eigenvalue weighted by molar-refractivity contribution is -0.360. The first-order chi connectivity index (χ1) is 24.6. The fourth-order valence-corrected chi connectivity index (χ4v) is 14.3. The maximum absolute atomic E-state index is 14.4. The lowest BCUT2D eigenvalue weighted by Crippen LogP contribution is -2.82. The summed E-state index contributed by atoms with van der Waals surface area (Å²) in [5.41, 5.74) is -2.78. The molecule has 1 aromatic rings. The average molecular weight is 757 g/mol. The van der Waals surface area contributed by atoms with Gasteiger partial charge in [0.25, 0.3) is 0 Å². The van der Waals surface area contributed by atoms with Crippen LogP contribution < -0.4 is 0 Å². The van der Waals surface area contributed by atoms with Gasteiger partial charge in [-0.25, -0.2) is 4.79 Å². The molecule has 2 saturated carbocycles. The van der Waals surface area contributed by atoms with E-state index in [1.165, 1.54) is 6.92 Å². The molecular weight excluding hydrogens is 697 g/mol. The Bertz CT molecular complexity index is 1540. The summed E-state index contributed by atoms with van der Waals surface area (Å²) < 4.78 is 47.6. The number of hydrogen-bond acceptors (Lipinski definition) is 10. The molecule has 52 heavy (non-hydrogen) atoms. The first-order valence-corrected chi connectivity index (χ1v) is 23.5. The summed E-state index contributed by atoms with van der Waals surface area (Å²) in [6.07, 6.45) is -2.45. The molecule has 0 radical (unpaired) electrons. The third-order valence-electron chi connectivity index (χ3n) is 13.7. The van der Waals surface area contributed by atoms with E-state index in [4.69, 9.17) is 32.5 Å². The number of fused-ring (bicyclic) bond motifs is 8. The maximum Gasteiger partial charge on any atom is 0.338 e. The second-order valence-corrected chi connectivity index (χ2v) is 22.9. The van der Waals surface area contributed by atoms with Gasteiger partial charge in [0.15, 0.2) is 30.0 Å². The minimum Gasteiger partial charge on any atom is -0.455 e. The van der Waals surface area contributed by atoms with Gasteiger partial charge in [-0.2, -0.15) is 0 Å². The molecular formula is C40H60O10Si2. The molecule has 6 rings (SSSR count). The Balaban J connectivity index is 1.69. The van der Waals surface area contributed by atoms with Crippen molar-refractivity contribution in [3.63, 3.8) is 0 Å². The van der Waals surface area contributed by atoms with Crippen molar-refractivity contribution in [3.05, 3.63) is 59.7 Å². The zero-order valence-corrected chi connectivity index (χ0v) is 35.0. The van der Waals surface area contributed by atoms with E-state index >= 15 is 0 Å². The van der Waals surface area contributed by atoms with Crippen molar-refractivity contribution in [1.82, 2.24) is 0 Å². The summed E-state index contributed by atoms with van der Waals surface area (Å²) in [7, 11) is -3.24. The van der Waals surface area contributed by atoms with Crippen LogP contribution >= 0.6 is 0 Å². The largest absolute Gasteiger partial charge is 0.455 e. The van der Waals surface area contributed by atoms with Crippen LogP contribution in [-0.2, 0) is 37.3 Å². The van der Waals surface area contributed by atoms with Crippen LogP contribution in [0.3, 0.4) is 0 Å². The molecule has 2 saturated heterocycles. The Hall–Kier alpha value is -2.17. The normalized spacial score (nSPS) is 39.4. The quantitative estimate of drug-likeness (QED) is 0.154. The number of benzene rings is 1. The lowest BCUT2D eigenvalue weighted by Gasteiger charge is -2.70. The molecule has 4 fully saturated rings. The monoisotopic (exact) mass is 756 g/mol. The van der Waals surface area contributed by atoms with Crippen LogP contribution in [-0.4, -0.2) is 95.8 Å². The summed E-state index contributed by atoms with van der Waals surface area (Å²) >= 11 is 0. The standard InChI is InChI=1S/C40H60O10Si2/c1-11-30-45-32-31-24(6)27(49-51-12-2)22-40(43,37(31,8)9)35(47-36(42)26-19-17-16-18-20-26)33-38(10,34(32)46-30)28(50-52(13-3,14-4)15-5)21-29-39(33,23-44-29)48-25(7)41/h11,16-20,27-30,32-35,43H,1,12-15,21-23,51H2,2-10H3/t27?,28?,29?,30?,32?,33?,34?,35?,38-,39?,40?/m1/s1. The highest BCUT2D eigenvalue weighted by molar-refractivity contribution is 6.73. The summed E-state index contributed by atoms with van der Waals surface area (Å²) in [5, 5.41) is 13.8. The third-order valence-corrected chi connectivity index (χ3v) is 19.4. The summed E-state index contributed by atoms with van der Waals surface area (Å²) in [4.78, 5) is 27.7. The molecule has 1 N–H and O–H groups in total. The van der Waals surface area contributed by atoms with Crippen molar-refractivity contribution in [2.24, 2.45) is 16.7 Å². The van der Waals surface area contributed by atoms with E-state index in [2.05, 4.69) is 48.1 Å². The van der Waals surface area contributed by atoms with Gasteiger partial charge in [0.05, 0.1) is 36.4 Å². The van der Waals surface area contributed by atoms with Gasteiger partial charge < -0.3 is 37.6 Å². The molecule has 12 heteroatoms. The molecule has 10 unspecified atom stereocenters. The maximum atomic E-state index is 14.4. The zero-order chi connectivity index (χ0) is 37.9. The number of carbonyl (C=O) groups is 2. The van der Waals surface area contributed by atoms with Crippen LogP contribution in [0.15, 0.2) is 54.1 Å². The van der Waals surface area contributed by atoms with Gasteiger partial charge in [-0.05, 0) is 60.5 Å². The number of aliphatic hydroxyl groups is 1. The molecule has 0 aromatic heterocycles. The van der Waals surface area contributed by atoms with Gasteiger partial charge in [0.2, 0.25) is 0 Å². The Morgan fingerprint density at radius 2 is 1.75 bits per heavy atom. The van der Waals surface area contributed by atoms with Crippen LogP contribution in [0.1, 0.15) is 85.5 Å². The van der Waals surface area contributed by atoms with Crippen LogP contribution in [0.2, 0.25) is 24.2 Å². The molecule has 288 valence electrons. The van der Waals surface area contributed by atoms with Crippen molar-refractivity contribution in [2.45, 2.75) is 153 Å². The number of esters is 2. The van der Waals surface area contributed by atoms with Crippen LogP contribution in [0, 0.1) is 16.7 Å². The fourth-order valence-electron chi connectivity index (χ4n) is 10.5. The van der Waals surface area contributed by atoms with E-state index in [0.717, 1.165) is 35.3 Å². The second-order valence-electron chi connectivity index (χ2n) is 16.4. The van der Waals surface area contributed by atoms with Crippen molar-refractivity contribution in [2.75, 3.05) is 6.61 Å². The molecule has 3 aliphatic carbocycles. The average Bonchev–Trinajstić information content (AvgIpc) is 3.55. The highest BCUT2D eigenvalue weighted by atomic mass is 28.4. The topological polar surface area (TPSA) is 119 Å².